The van der Waals surface area contributed by atoms with Gasteiger partial charge in [0.2, 0.25) is 17.7 Å². The monoisotopic (exact) mass is 528 g/mol. The van der Waals surface area contributed by atoms with Gasteiger partial charge in [-0.2, -0.15) is 4.98 Å². The van der Waals surface area contributed by atoms with Crippen molar-refractivity contribution in [3.63, 3.8) is 0 Å². The van der Waals surface area contributed by atoms with Crippen molar-refractivity contribution in [2.24, 2.45) is 0 Å². The Hall–Kier alpha value is -2.96. The molecule has 4 fully saturated rings. The maximum absolute atomic E-state index is 12.2. The van der Waals surface area contributed by atoms with Gasteiger partial charge in [0.25, 0.3) is 0 Å². The van der Waals surface area contributed by atoms with Crippen LogP contribution in [0.25, 0.3) is 0 Å². The highest BCUT2D eigenvalue weighted by Crippen LogP contribution is 2.39. The second kappa shape index (κ2) is 9.73. The van der Waals surface area contributed by atoms with Crippen LogP contribution in [-0.2, 0) is 14.3 Å². The van der Waals surface area contributed by atoms with Gasteiger partial charge >= 0.3 is 0 Å². The van der Waals surface area contributed by atoms with E-state index in [-0.39, 0.29) is 42.1 Å². The number of likely N-dealkylation sites (N-methyl/N-ethyl adjacent to an activating group) is 1. The van der Waals surface area contributed by atoms with Crippen molar-refractivity contribution in [2.45, 2.75) is 42.9 Å². The van der Waals surface area contributed by atoms with E-state index in [9.17, 15) is 9.90 Å². The molecule has 0 spiro atoms. The lowest BCUT2D eigenvalue weighted by Crippen LogP contribution is -2.44. The first-order valence-electron chi connectivity index (χ1n) is 12.3. The smallest absolute Gasteiger partial charge is 0.247 e. The Balaban J connectivity index is 1.21. The molecule has 0 radical (unpaired) electrons. The van der Waals surface area contributed by atoms with Crippen LogP contribution >= 0.6 is 11.6 Å². The number of amides is 1. The summed E-state index contributed by atoms with van der Waals surface area (Å²) in [5.74, 6) is 0.180. The number of rotatable bonds is 7. The van der Waals surface area contributed by atoms with Crippen molar-refractivity contribution in [1.82, 2.24) is 14.9 Å². The van der Waals surface area contributed by atoms with E-state index in [0.717, 1.165) is 25.2 Å². The van der Waals surface area contributed by atoms with Gasteiger partial charge in [-0.15, -0.1) is 0 Å². The largest absolute Gasteiger partial charge is 0.468 e. The third kappa shape index (κ3) is 4.62. The molecule has 0 unspecified atom stereocenters. The molecule has 12 heteroatoms. The minimum atomic E-state index is -0.674. The van der Waals surface area contributed by atoms with E-state index >= 15 is 0 Å². The SMILES string of the molecule is C=CC(=O)Nc1cc(Nc2ncc(Cl)c(O[C@@H]3CO[C@H]4[C@@H]3OC[C@H]4O)n2)ccc1N1C[C@H]2C[C@@H]1CN2C. The first-order chi connectivity index (χ1) is 17.9. The predicted molar refractivity (Wildman–Crippen MR) is 138 cm³/mol. The molecule has 4 aliphatic rings. The number of hydrogen-bond acceptors (Lipinski definition) is 10. The molecule has 4 saturated heterocycles. The van der Waals surface area contributed by atoms with Crippen LogP contribution in [0.3, 0.4) is 0 Å². The number of anilines is 4. The number of aliphatic hydroxyl groups excluding tert-OH is 1. The van der Waals surface area contributed by atoms with Gasteiger partial charge in [0.1, 0.15) is 23.3 Å². The zero-order valence-electron chi connectivity index (χ0n) is 20.3. The Labute approximate surface area is 219 Å². The molecular formula is C25H29ClN6O5. The number of aromatic nitrogens is 2. The zero-order valence-corrected chi connectivity index (χ0v) is 21.1. The second-order valence-corrected chi connectivity index (χ2v) is 10.3. The Morgan fingerprint density at radius 1 is 1.27 bits per heavy atom. The van der Waals surface area contributed by atoms with E-state index < -0.39 is 18.3 Å². The van der Waals surface area contributed by atoms with E-state index in [1.165, 1.54) is 12.3 Å². The molecule has 4 aliphatic heterocycles. The molecule has 37 heavy (non-hydrogen) atoms. The van der Waals surface area contributed by atoms with Gasteiger partial charge in [0, 0.05) is 30.9 Å². The van der Waals surface area contributed by atoms with Crippen molar-refractivity contribution in [2.75, 3.05) is 48.9 Å². The van der Waals surface area contributed by atoms with Gasteiger partial charge in [-0.05, 0) is 37.7 Å². The summed E-state index contributed by atoms with van der Waals surface area (Å²) in [7, 11) is 2.15. The number of fused-ring (bicyclic) bond motifs is 3. The third-order valence-electron chi connectivity index (χ3n) is 7.48. The molecule has 3 N–H and O–H groups in total. The van der Waals surface area contributed by atoms with Crippen LogP contribution in [0, 0.1) is 0 Å². The lowest BCUT2D eigenvalue weighted by atomic mass is 10.1. The van der Waals surface area contributed by atoms with Gasteiger partial charge in [-0.25, -0.2) is 4.98 Å². The summed E-state index contributed by atoms with van der Waals surface area (Å²) in [5.41, 5.74) is 2.34. The molecule has 11 nitrogen and oxygen atoms in total. The highest BCUT2D eigenvalue weighted by atomic mass is 35.5. The van der Waals surface area contributed by atoms with Crippen LogP contribution in [-0.4, -0.2) is 95.7 Å². The van der Waals surface area contributed by atoms with E-state index in [1.54, 1.807) is 0 Å². The normalized spacial score (nSPS) is 30.4. The van der Waals surface area contributed by atoms with Crippen LogP contribution in [0.1, 0.15) is 6.42 Å². The number of carbonyl (C=O) groups excluding carboxylic acids is 1. The Kier molecular flexibility index (Phi) is 6.41. The number of nitrogens with one attached hydrogen (secondary N) is 2. The number of nitrogens with zero attached hydrogens (tertiary/aromatic N) is 4. The molecule has 1 aromatic heterocycles. The second-order valence-electron chi connectivity index (χ2n) is 9.85. The van der Waals surface area contributed by atoms with E-state index in [1.807, 2.05) is 18.2 Å². The maximum Gasteiger partial charge on any atom is 0.247 e. The van der Waals surface area contributed by atoms with Crippen LogP contribution in [0.5, 0.6) is 5.88 Å². The number of aliphatic hydroxyl groups is 1. The van der Waals surface area contributed by atoms with Crippen molar-refractivity contribution in [1.29, 1.82) is 0 Å². The molecule has 5 heterocycles. The fourth-order valence-electron chi connectivity index (χ4n) is 5.62. The number of piperazine rings is 1. The van der Waals surface area contributed by atoms with Crippen molar-refractivity contribution >= 4 is 40.5 Å². The minimum Gasteiger partial charge on any atom is -0.468 e. The average molecular weight is 529 g/mol. The zero-order chi connectivity index (χ0) is 25.7. The summed E-state index contributed by atoms with van der Waals surface area (Å²) < 4.78 is 17.2. The molecule has 2 bridgehead atoms. The quantitative estimate of drug-likeness (QED) is 0.459. The molecule has 1 aromatic carbocycles. The van der Waals surface area contributed by atoms with Gasteiger partial charge in [0.15, 0.2) is 6.10 Å². The summed E-state index contributed by atoms with van der Waals surface area (Å²) in [4.78, 5) is 25.7. The predicted octanol–water partition coefficient (Wildman–Crippen LogP) is 1.80. The van der Waals surface area contributed by atoms with Gasteiger partial charge < -0.3 is 34.9 Å². The van der Waals surface area contributed by atoms with Gasteiger partial charge in [-0.1, -0.05) is 18.2 Å². The highest BCUT2D eigenvalue weighted by molar-refractivity contribution is 6.31. The summed E-state index contributed by atoms with van der Waals surface area (Å²) >= 11 is 6.31. The van der Waals surface area contributed by atoms with Crippen LogP contribution in [0.15, 0.2) is 37.1 Å². The van der Waals surface area contributed by atoms with Crippen molar-refractivity contribution in [3.8, 4) is 5.88 Å². The van der Waals surface area contributed by atoms with Crippen LogP contribution < -0.4 is 20.3 Å². The van der Waals surface area contributed by atoms with Crippen molar-refractivity contribution in [3.05, 3.63) is 42.1 Å². The lowest BCUT2D eigenvalue weighted by molar-refractivity contribution is -0.111. The third-order valence-corrected chi connectivity index (χ3v) is 7.74. The average Bonchev–Trinajstić information content (AvgIpc) is 3.65. The van der Waals surface area contributed by atoms with E-state index in [2.05, 4.69) is 44.0 Å². The molecule has 0 aliphatic carbocycles. The standard InChI is InChI=1S/C25H29ClN6O5/c1-3-21(34)29-17-6-13(4-5-18(17)32-10-14-7-15(32)9-31(14)2)28-25-27-8-16(26)24(30-25)37-20-12-36-22-19(33)11-35-23(20)22/h3-6,8,14-15,19-20,22-23,33H,1,7,9-12H2,2H3,(H,29,34)(H,27,28,30)/t14-,15-,19-,20-,22-,23-/m1/s1. The summed E-state index contributed by atoms with van der Waals surface area (Å²) in [6.45, 7) is 5.96. The number of halogens is 1. The lowest BCUT2D eigenvalue weighted by Gasteiger charge is -2.35. The first-order valence-corrected chi connectivity index (χ1v) is 12.7. The molecule has 1 amide bonds. The molecule has 196 valence electrons. The topological polar surface area (TPSA) is 121 Å². The highest BCUT2D eigenvalue weighted by Gasteiger charge is 2.48. The van der Waals surface area contributed by atoms with Crippen LogP contribution in [0.2, 0.25) is 5.02 Å². The van der Waals surface area contributed by atoms with Gasteiger partial charge in [-0.3, -0.25) is 9.69 Å². The summed E-state index contributed by atoms with van der Waals surface area (Å²) in [5, 5.41) is 16.3. The fourth-order valence-corrected chi connectivity index (χ4v) is 5.76. The fraction of sp³-hybridized carbons (Fsp3) is 0.480. The van der Waals surface area contributed by atoms with E-state index in [0.29, 0.717) is 23.5 Å². The summed E-state index contributed by atoms with van der Waals surface area (Å²) in [6, 6.07) is 6.71. The Morgan fingerprint density at radius 3 is 2.86 bits per heavy atom. The molecule has 2 aromatic rings. The van der Waals surface area contributed by atoms with E-state index in [4.69, 9.17) is 25.8 Å². The number of hydrogen-bond donors (Lipinski definition) is 3. The number of benzene rings is 1. The van der Waals surface area contributed by atoms with Crippen LogP contribution in [0.4, 0.5) is 23.0 Å². The number of carbonyl (C=O) groups is 1. The molecule has 0 saturated carbocycles. The van der Waals surface area contributed by atoms with Gasteiger partial charge in [0.05, 0.1) is 30.8 Å². The minimum absolute atomic E-state index is 0.187. The number of likely N-dealkylation sites (tertiary alicyclic amines) is 1. The molecular weight excluding hydrogens is 500 g/mol. The van der Waals surface area contributed by atoms with Crippen molar-refractivity contribution < 1.29 is 24.1 Å². The molecule has 6 rings (SSSR count). The molecule has 6 atom stereocenters. The summed E-state index contributed by atoms with van der Waals surface area (Å²) in [6.07, 6.45) is 1.90. The number of ether oxygens (including phenoxy) is 3. The maximum atomic E-state index is 12.2. The Bertz CT molecular complexity index is 1210. The first kappa shape index (κ1) is 24.4. The Morgan fingerprint density at radius 2 is 2.11 bits per heavy atom.